The summed E-state index contributed by atoms with van der Waals surface area (Å²) >= 11 is 0. The van der Waals surface area contributed by atoms with Gasteiger partial charge in [-0.2, -0.15) is 0 Å². The van der Waals surface area contributed by atoms with E-state index in [1.54, 1.807) is 0 Å². The molecule has 12 heteroatoms. The molecule has 2 atom stereocenters. The van der Waals surface area contributed by atoms with Crippen LogP contribution in [0.25, 0.3) is 0 Å². The Morgan fingerprint density at radius 3 is 2.31 bits per heavy atom. The first-order chi connectivity index (χ1) is 17.3. The molecule has 0 saturated carbocycles. The van der Waals surface area contributed by atoms with Crippen molar-refractivity contribution in [3.05, 3.63) is 76.9 Å². The van der Waals surface area contributed by atoms with Gasteiger partial charge in [0.2, 0.25) is 5.95 Å². The van der Waals surface area contributed by atoms with Gasteiger partial charge in [0, 0.05) is 30.4 Å². The molecule has 0 bridgehead atoms. The number of hydrogen-bond acceptors (Lipinski definition) is 9. The van der Waals surface area contributed by atoms with E-state index in [0.717, 1.165) is 0 Å². The van der Waals surface area contributed by atoms with Crippen LogP contribution in [0.2, 0.25) is 0 Å². The molecule has 1 aliphatic heterocycles. The number of nitrogens with two attached hydrogens (primary N) is 1. The van der Waals surface area contributed by atoms with Crippen molar-refractivity contribution in [2.24, 2.45) is 0 Å². The quantitative estimate of drug-likeness (QED) is 0.296. The fourth-order valence-electron chi connectivity index (χ4n) is 3.81. The number of aromatic nitrogens is 2. The molecule has 3 aromatic rings. The molecule has 4 rings (SSSR count). The van der Waals surface area contributed by atoms with Crippen LogP contribution in [0.3, 0.4) is 0 Å². The summed E-state index contributed by atoms with van der Waals surface area (Å²) < 4.78 is 19.4. The zero-order chi connectivity index (χ0) is 25.8. The molecule has 11 nitrogen and oxygen atoms in total. The Morgan fingerprint density at radius 1 is 1.03 bits per heavy atom. The van der Waals surface area contributed by atoms with Crippen LogP contribution in [0, 0.1) is 5.82 Å². The van der Waals surface area contributed by atoms with Crippen LogP contribution in [0.4, 0.5) is 10.3 Å². The second-order valence-electron chi connectivity index (χ2n) is 8.00. The average molecular weight is 494 g/mol. The number of nitrogens with one attached hydrogen (secondary N) is 3. The van der Waals surface area contributed by atoms with Gasteiger partial charge in [-0.3, -0.25) is 14.4 Å². The minimum absolute atomic E-state index is 0.0247. The highest BCUT2D eigenvalue weighted by Crippen LogP contribution is 2.30. The van der Waals surface area contributed by atoms with Crippen molar-refractivity contribution in [3.8, 4) is 11.5 Å². The lowest BCUT2D eigenvalue weighted by atomic mass is 10.00. The molecule has 0 spiro atoms. The zero-order valence-corrected chi connectivity index (χ0v) is 19.1. The lowest BCUT2D eigenvalue weighted by molar-refractivity contribution is 0.0894. The first kappa shape index (κ1) is 24.5. The molecule has 6 N–H and O–H groups in total. The number of halogens is 1. The monoisotopic (exact) mass is 494 g/mol. The van der Waals surface area contributed by atoms with E-state index in [1.807, 2.05) is 0 Å². The number of phenols is 1. The van der Waals surface area contributed by atoms with Crippen LogP contribution in [0.1, 0.15) is 36.8 Å². The molecule has 0 aliphatic carbocycles. The number of nitrogens with zero attached hydrogens (tertiary/aromatic N) is 2. The highest BCUT2D eigenvalue weighted by Gasteiger charge is 2.30. The van der Waals surface area contributed by atoms with Gasteiger partial charge in [0.1, 0.15) is 17.0 Å². The maximum atomic E-state index is 14.5. The summed E-state index contributed by atoms with van der Waals surface area (Å²) in [5, 5.41) is 18.8. The maximum absolute atomic E-state index is 14.5. The second-order valence-corrected chi connectivity index (χ2v) is 8.00. The molecule has 1 aromatic heterocycles. The fraction of sp³-hybridized carbons (Fsp3) is 0.208. The number of ketones is 1. The third kappa shape index (κ3) is 5.08. The fourth-order valence-corrected chi connectivity index (χ4v) is 3.81. The Labute approximate surface area is 204 Å². The van der Waals surface area contributed by atoms with Crippen LogP contribution in [-0.4, -0.2) is 65.0 Å². The van der Waals surface area contributed by atoms with Gasteiger partial charge in [-0.05, 0) is 30.3 Å². The minimum atomic E-state index is -0.976. The highest BCUT2D eigenvalue weighted by atomic mass is 19.1. The number of hydrogen-bond donors (Lipinski definition) is 5. The highest BCUT2D eigenvalue weighted by molar-refractivity contribution is 6.11. The number of ether oxygens (including phenoxy) is 1. The van der Waals surface area contributed by atoms with E-state index >= 15 is 0 Å². The van der Waals surface area contributed by atoms with E-state index in [4.69, 9.17) is 10.5 Å². The summed E-state index contributed by atoms with van der Waals surface area (Å²) in [5.74, 6) is -3.34. The number of amides is 2. The van der Waals surface area contributed by atoms with Gasteiger partial charge in [0.15, 0.2) is 17.3 Å². The Hall–Kier alpha value is -4.58. The summed E-state index contributed by atoms with van der Waals surface area (Å²) in [6.07, 6.45) is 1.38. The van der Waals surface area contributed by atoms with Gasteiger partial charge < -0.3 is 31.5 Å². The Bertz CT molecular complexity index is 1320. The molecule has 1 fully saturated rings. The molecule has 36 heavy (non-hydrogen) atoms. The summed E-state index contributed by atoms with van der Waals surface area (Å²) in [6, 6.07) is 8.55. The van der Waals surface area contributed by atoms with Crippen LogP contribution in [-0.2, 0) is 0 Å². The summed E-state index contributed by atoms with van der Waals surface area (Å²) in [4.78, 5) is 45.7. The zero-order valence-electron chi connectivity index (χ0n) is 19.1. The predicted molar refractivity (Wildman–Crippen MR) is 126 cm³/mol. The molecule has 0 unspecified atom stereocenters. The van der Waals surface area contributed by atoms with E-state index in [1.165, 1.54) is 55.8 Å². The van der Waals surface area contributed by atoms with E-state index < -0.39 is 46.8 Å². The van der Waals surface area contributed by atoms with Crippen molar-refractivity contribution in [2.45, 2.75) is 12.1 Å². The van der Waals surface area contributed by atoms with Gasteiger partial charge in [0.25, 0.3) is 11.8 Å². The van der Waals surface area contributed by atoms with Crippen molar-refractivity contribution >= 4 is 23.5 Å². The molecule has 0 radical (unpaired) electrons. The topological polar surface area (TPSA) is 169 Å². The number of carbonyl (C=O) groups is 3. The lowest BCUT2D eigenvalue weighted by Crippen LogP contribution is -2.51. The Morgan fingerprint density at radius 2 is 1.67 bits per heavy atom. The number of benzene rings is 2. The largest absolute Gasteiger partial charge is 0.507 e. The maximum Gasteiger partial charge on any atom is 0.270 e. The van der Waals surface area contributed by atoms with Gasteiger partial charge in [-0.25, -0.2) is 14.4 Å². The number of nitrogen functional groups attached to an aromatic ring is 1. The van der Waals surface area contributed by atoms with Crippen LogP contribution >= 0.6 is 0 Å². The predicted octanol–water partition coefficient (Wildman–Crippen LogP) is 0.643. The molecule has 186 valence electrons. The molecule has 1 aliphatic rings. The van der Waals surface area contributed by atoms with Crippen molar-refractivity contribution in [3.63, 3.8) is 0 Å². The smallest absolute Gasteiger partial charge is 0.270 e. The van der Waals surface area contributed by atoms with Crippen molar-refractivity contribution in [1.29, 1.82) is 0 Å². The molecular formula is C24H23FN6O5. The Kier molecular flexibility index (Phi) is 7.06. The molecule has 1 saturated heterocycles. The summed E-state index contributed by atoms with van der Waals surface area (Å²) in [6.45, 7) is 0.855. The first-order valence-corrected chi connectivity index (χ1v) is 10.9. The third-order valence-electron chi connectivity index (χ3n) is 5.69. The van der Waals surface area contributed by atoms with E-state index in [2.05, 4.69) is 25.9 Å². The van der Waals surface area contributed by atoms with E-state index in [-0.39, 0.29) is 28.5 Å². The normalized spacial score (nSPS) is 16.8. The number of rotatable bonds is 7. The van der Waals surface area contributed by atoms with Gasteiger partial charge in [-0.15, -0.1) is 0 Å². The SMILES string of the molecule is COc1ccc(O)c(C(=O)c2ccc(C(=O)N[C@@H]3CNC[C@H]3NC(=O)c3ccnc(N)n3)cc2)c1F. The van der Waals surface area contributed by atoms with Gasteiger partial charge >= 0.3 is 0 Å². The molecular weight excluding hydrogens is 471 g/mol. The van der Waals surface area contributed by atoms with Gasteiger partial charge in [0.05, 0.1) is 19.2 Å². The van der Waals surface area contributed by atoms with E-state index in [9.17, 15) is 23.9 Å². The van der Waals surface area contributed by atoms with Crippen molar-refractivity contribution < 1.29 is 28.6 Å². The summed E-state index contributed by atoms with van der Waals surface area (Å²) in [7, 11) is 1.25. The second kappa shape index (κ2) is 10.4. The first-order valence-electron chi connectivity index (χ1n) is 10.9. The van der Waals surface area contributed by atoms with Crippen LogP contribution < -0.4 is 26.4 Å². The molecule has 2 heterocycles. The van der Waals surface area contributed by atoms with Crippen molar-refractivity contribution in [2.75, 3.05) is 25.9 Å². The standard InChI is InChI=1S/C24H23FN6O5/c1-36-18-7-6-17(32)19(20(18)25)21(33)12-2-4-13(5-3-12)22(34)29-15-10-27-11-16(15)30-23(35)14-8-9-28-24(26)31-14/h2-9,15-16,27,32H,10-11H2,1H3,(H,29,34)(H,30,35)(H2,26,28,31)/t15-,16-/m1/s1. The van der Waals surface area contributed by atoms with Crippen LogP contribution in [0.15, 0.2) is 48.7 Å². The average Bonchev–Trinajstić information content (AvgIpc) is 3.30. The lowest BCUT2D eigenvalue weighted by Gasteiger charge is -2.21. The third-order valence-corrected chi connectivity index (χ3v) is 5.69. The number of anilines is 1. The Balaban J connectivity index is 1.43. The summed E-state index contributed by atoms with van der Waals surface area (Å²) in [5.41, 5.74) is 5.44. The minimum Gasteiger partial charge on any atom is -0.507 e. The van der Waals surface area contributed by atoms with Crippen molar-refractivity contribution in [1.82, 2.24) is 25.9 Å². The van der Waals surface area contributed by atoms with E-state index in [0.29, 0.717) is 13.1 Å². The molecule has 2 amide bonds. The number of carbonyl (C=O) groups excluding carboxylic acids is 3. The van der Waals surface area contributed by atoms with Gasteiger partial charge in [-0.1, -0.05) is 12.1 Å². The number of methoxy groups -OCH3 is 1. The van der Waals surface area contributed by atoms with Crippen LogP contribution in [0.5, 0.6) is 11.5 Å². The number of aromatic hydroxyl groups is 1. The number of phenolic OH excluding ortho intramolecular Hbond substituents is 1. The molecule has 2 aromatic carbocycles.